The highest BCUT2D eigenvalue weighted by atomic mass is 16.2. The highest BCUT2D eigenvalue weighted by Gasteiger charge is 2.21. The molecule has 0 bridgehead atoms. The summed E-state index contributed by atoms with van der Waals surface area (Å²) in [6.07, 6.45) is 1.92. The molecule has 0 aliphatic carbocycles. The fraction of sp³-hybridized carbons (Fsp3) is 0.318. The summed E-state index contributed by atoms with van der Waals surface area (Å²) in [6.45, 7) is 3.23. The second kappa shape index (κ2) is 9.12. The van der Waals surface area contributed by atoms with Crippen LogP contribution in [0.4, 0.5) is 0 Å². The molecule has 2 amide bonds. The average molecular weight is 363 g/mol. The Kier molecular flexibility index (Phi) is 6.36. The van der Waals surface area contributed by atoms with Crippen LogP contribution >= 0.6 is 0 Å². The first kappa shape index (κ1) is 18.8. The van der Waals surface area contributed by atoms with Gasteiger partial charge in [-0.15, -0.1) is 0 Å². The number of nitrogens with one attached hydrogen (secondary N) is 1. The van der Waals surface area contributed by atoms with Gasteiger partial charge in [0.15, 0.2) is 0 Å². The van der Waals surface area contributed by atoms with E-state index in [4.69, 9.17) is 0 Å². The normalized spacial score (nSPS) is 13.4. The number of carbonyl (C=O) groups excluding carboxylic acids is 2. The van der Waals surface area contributed by atoms with Crippen molar-refractivity contribution >= 4 is 17.5 Å². The molecule has 5 nitrogen and oxygen atoms in total. The largest absolute Gasteiger partial charge is 0.356 e. The molecule has 2 aromatic rings. The van der Waals surface area contributed by atoms with E-state index in [-0.39, 0.29) is 24.7 Å². The van der Waals surface area contributed by atoms with E-state index in [2.05, 4.69) is 29.5 Å². The van der Waals surface area contributed by atoms with Crippen molar-refractivity contribution in [3.05, 3.63) is 71.3 Å². The van der Waals surface area contributed by atoms with Gasteiger partial charge in [-0.25, -0.2) is 5.01 Å². The van der Waals surface area contributed by atoms with Crippen molar-refractivity contribution < 1.29 is 9.59 Å². The van der Waals surface area contributed by atoms with Gasteiger partial charge in [0.25, 0.3) is 0 Å². The van der Waals surface area contributed by atoms with Crippen LogP contribution in [0.2, 0.25) is 0 Å². The van der Waals surface area contributed by atoms with Crippen molar-refractivity contribution in [1.29, 1.82) is 0 Å². The third kappa shape index (κ3) is 5.26. The minimum absolute atomic E-state index is 0.0941. The zero-order chi connectivity index (χ0) is 19.1. The van der Waals surface area contributed by atoms with E-state index in [1.807, 2.05) is 42.5 Å². The van der Waals surface area contributed by atoms with Crippen LogP contribution in [0.15, 0.2) is 59.7 Å². The third-order valence-corrected chi connectivity index (χ3v) is 4.74. The smallest absolute Gasteiger partial charge is 0.243 e. The fourth-order valence-electron chi connectivity index (χ4n) is 3.14. The molecule has 2 aromatic carbocycles. The van der Waals surface area contributed by atoms with Gasteiger partial charge in [-0.2, -0.15) is 5.10 Å². The van der Waals surface area contributed by atoms with Gasteiger partial charge in [0.05, 0.1) is 12.3 Å². The number of aryl methyl sites for hydroxylation is 1. The molecule has 0 unspecified atom stereocenters. The quantitative estimate of drug-likeness (QED) is 0.822. The topological polar surface area (TPSA) is 61.8 Å². The Morgan fingerprint density at radius 2 is 1.78 bits per heavy atom. The summed E-state index contributed by atoms with van der Waals surface area (Å²) in [5.74, 6) is -0.196. The van der Waals surface area contributed by atoms with Crippen molar-refractivity contribution in [2.45, 2.75) is 32.6 Å². The number of rotatable bonds is 7. The van der Waals surface area contributed by atoms with Crippen LogP contribution in [0, 0.1) is 6.92 Å². The highest BCUT2D eigenvalue weighted by molar-refractivity contribution is 6.02. The Morgan fingerprint density at radius 3 is 2.56 bits per heavy atom. The maximum Gasteiger partial charge on any atom is 0.243 e. The molecule has 5 heteroatoms. The molecule has 0 saturated carbocycles. The van der Waals surface area contributed by atoms with E-state index in [9.17, 15) is 9.59 Å². The molecule has 1 aliphatic heterocycles. The lowest BCUT2D eigenvalue weighted by molar-refractivity contribution is -0.133. The first-order valence-corrected chi connectivity index (χ1v) is 9.38. The first-order chi connectivity index (χ1) is 13.1. The summed E-state index contributed by atoms with van der Waals surface area (Å²) in [7, 11) is 0. The third-order valence-electron chi connectivity index (χ3n) is 4.74. The number of hydrogen-bond donors (Lipinski definition) is 1. The summed E-state index contributed by atoms with van der Waals surface area (Å²) in [4.78, 5) is 24.3. The highest BCUT2D eigenvalue weighted by Crippen LogP contribution is 2.15. The molecule has 140 valence electrons. The Bertz CT molecular complexity index is 830. The van der Waals surface area contributed by atoms with Gasteiger partial charge < -0.3 is 5.32 Å². The number of hydrogen-bond acceptors (Lipinski definition) is 3. The van der Waals surface area contributed by atoms with Crippen molar-refractivity contribution in [2.24, 2.45) is 5.10 Å². The number of amides is 2. The zero-order valence-corrected chi connectivity index (χ0v) is 15.6. The van der Waals surface area contributed by atoms with Crippen LogP contribution in [-0.2, 0) is 16.0 Å². The summed E-state index contributed by atoms with van der Waals surface area (Å²) >= 11 is 0. The lowest BCUT2D eigenvalue weighted by atomic mass is 10.1. The van der Waals surface area contributed by atoms with E-state index in [1.54, 1.807) is 0 Å². The summed E-state index contributed by atoms with van der Waals surface area (Å²) in [5, 5.41) is 8.80. The minimum atomic E-state index is -0.102. The van der Waals surface area contributed by atoms with Crippen molar-refractivity contribution in [3.8, 4) is 0 Å². The van der Waals surface area contributed by atoms with Crippen molar-refractivity contribution in [3.63, 3.8) is 0 Å². The summed E-state index contributed by atoms with van der Waals surface area (Å²) in [5.41, 5.74) is 4.42. The molecule has 1 aliphatic rings. The maximum absolute atomic E-state index is 12.3. The minimum Gasteiger partial charge on any atom is -0.356 e. The maximum atomic E-state index is 12.3. The Hall–Kier alpha value is -2.95. The van der Waals surface area contributed by atoms with E-state index in [0.29, 0.717) is 13.1 Å². The van der Waals surface area contributed by atoms with Gasteiger partial charge in [-0.3, -0.25) is 9.59 Å². The lowest BCUT2D eigenvalue weighted by Crippen LogP contribution is -2.29. The average Bonchev–Trinajstić information content (AvgIpc) is 3.19. The van der Waals surface area contributed by atoms with Crippen LogP contribution < -0.4 is 5.32 Å². The van der Waals surface area contributed by atoms with Gasteiger partial charge in [-0.05, 0) is 30.0 Å². The predicted octanol–water partition coefficient (Wildman–Crippen LogP) is 3.07. The molecule has 3 rings (SSSR count). The van der Waals surface area contributed by atoms with Crippen LogP contribution in [0.25, 0.3) is 0 Å². The summed E-state index contributed by atoms with van der Waals surface area (Å²) < 4.78 is 0. The number of benzene rings is 2. The summed E-state index contributed by atoms with van der Waals surface area (Å²) in [6, 6.07) is 18.0. The molecule has 1 N–H and O–H groups in total. The van der Waals surface area contributed by atoms with E-state index in [1.165, 1.54) is 16.1 Å². The van der Waals surface area contributed by atoms with E-state index in [0.717, 1.165) is 24.1 Å². The number of hydrazone groups is 1. The second-order valence-corrected chi connectivity index (χ2v) is 6.71. The molecule has 0 spiro atoms. The molecule has 27 heavy (non-hydrogen) atoms. The predicted molar refractivity (Wildman–Crippen MR) is 106 cm³/mol. The van der Waals surface area contributed by atoms with Gasteiger partial charge in [0, 0.05) is 25.8 Å². The standard InChI is InChI=1S/C22H25N3O2/c1-17-7-5-6-8-18(17)13-15-23-21(26)11-12-22(27)25-16-14-20(24-25)19-9-3-2-4-10-19/h2-10H,11-16H2,1H3,(H,23,26). The Balaban J connectivity index is 1.41. The SMILES string of the molecule is Cc1ccccc1CCNC(=O)CCC(=O)N1CCC(c2ccccc2)=N1. The zero-order valence-electron chi connectivity index (χ0n) is 15.6. The Labute approximate surface area is 160 Å². The monoisotopic (exact) mass is 363 g/mol. The Morgan fingerprint density at radius 1 is 1.04 bits per heavy atom. The van der Waals surface area contributed by atoms with Crippen LogP contribution in [0.5, 0.6) is 0 Å². The van der Waals surface area contributed by atoms with Crippen LogP contribution in [0.3, 0.4) is 0 Å². The fourth-order valence-corrected chi connectivity index (χ4v) is 3.14. The van der Waals surface area contributed by atoms with Crippen molar-refractivity contribution in [1.82, 2.24) is 10.3 Å². The molecule has 0 atom stereocenters. The van der Waals surface area contributed by atoms with Crippen LogP contribution in [-0.4, -0.2) is 35.6 Å². The molecule has 0 aromatic heterocycles. The first-order valence-electron chi connectivity index (χ1n) is 9.38. The molecule has 0 fully saturated rings. The second-order valence-electron chi connectivity index (χ2n) is 6.71. The van der Waals surface area contributed by atoms with E-state index < -0.39 is 0 Å². The number of carbonyl (C=O) groups is 2. The molecular weight excluding hydrogens is 338 g/mol. The molecular formula is C22H25N3O2. The molecule has 0 radical (unpaired) electrons. The molecule has 0 saturated heterocycles. The molecule has 1 heterocycles. The van der Waals surface area contributed by atoms with Gasteiger partial charge in [-0.1, -0.05) is 54.6 Å². The lowest BCUT2D eigenvalue weighted by Gasteiger charge is -2.11. The van der Waals surface area contributed by atoms with Gasteiger partial charge in [0.1, 0.15) is 0 Å². The number of nitrogens with zero attached hydrogens (tertiary/aromatic N) is 2. The van der Waals surface area contributed by atoms with Crippen molar-refractivity contribution in [2.75, 3.05) is 13.1 Å². The van der Waals surface area contributed by atoms with Gasteiger partial charge in [0.2, 0.25) is 11.8 Å². The van der Waals surface area contributed by atoms with Crippen LogP contribution in [0.1, 0.15) is 36.0 Å². The van der Waals surface area contributed by atoms with E-state index >= 15 is 0 Å². The van der Waals surface area contributed by atoms with Gasteiger partial charge >= 0.3 is 0 Å².